The van der Waals surface area contributed by atoms with Crippen molar-refractivity contribution in [2.75, 3.05) is 19.0 Å². The maximum Gasteiger partial charge on any atom is 0.405 e. The quantitative estimate of drug-likeness (QED) is 0.773. The predicted molar refractivity (Wildman–Crippen MR) is 90.5 cm³/mol. The molecule has 5 nitrogen and oxygen atoms in total. The molecule has 0 aliphatic heterocycles. The maximum atomic E-state index is 14.0. The van der Waals surface area contributed by atoms with Crippen LogP contribution in [-0.4, -0.2) is 31.6 Å². The van der Waals surface area contributed by atoms with Gasteiger partial charge in [-0.05, 0) is 36.8 Å². The molecule has 144 valence electrons. The van der Waals surface area contributed by atoms with Gasteiger partial charge in [0.05, 0.1) is 12.7 Å². The van der Waals surface area contributed by atoms with Crippen molar-refractivity contribution in [1.82, 2.24) is 5.32 Å². The second kappa shape index (κ2) is 8.07. The van der Waals surface area contributed by atoms with Crippen LogP contribution in [0.3, 0.4) is 0 Å². The van der Waals surface area contributed by atoms with Gasteiger partial charge < -0.3 is 15.4 Å². The van der Waals surface area contributed by atoms with E-state index in [9.17, 15) is 27.2 Å². The third-order valence-corrected chi connectivity index (χ3v) is 3.62. The summed E-state index contributed by atoms with van der Waals surface area (Å²) >= 11 is 0. The number of benzene rings is 2. The van der Waals surface area contributed by atoms with Crippen molar-refractivity contribution in [3.8, 4) is 5.75 Å². The minimum atomic E-state index is -4.54. The van der Waals surface area contributed by atoms with Crippen LogP contribution in [0.1, 0.15) is 26.3 Å². The number of rotatable bonds is 5. The summed E-state index contributed by atoms with van der Waals surface area (Å²) in [7, 11) is 1.35. The second-order valence-electron chi connectivity index (χ2n) is 5.63. The number of hydrogen-bond donors (Lipinski definition) is 2. The molecule has 9 heteroatoms. The molecule has 2 amide bonds. The Hall–Kier alpha value is -3.10. The molecule has 0 radical (unpaired) electrons. The van der Waals surface area contributed by atoms with Gasteiger partial charge in [-0.2, -0.15) is 13.2 Å². The van der Waals surface area contributed by atoms with Crippen LogP contribution in [-0.2, 0) is 0 Å². The number of carbonyl (C=O) groups excluding carboxylic acids is 2. The van der Waals surface area contributed by atoms with E-state index >= 15 is 0 Å². The molecule has 27 heavy (non-hydrogen) atoms. The molecule has 0 aromatic heterocycles. The highest BCUT2D eigenvalue weighted by molar-refractivity contribution is 6.05. The van der Waals surface area contributed by atoms with E-state index in [-0.39, 0.29) is 22.6 Å². The van der Waals surface area contributed by atoms with Crippen molar-refractivity contribution in [3.05, 3.63) is 58.9 Å². The van der Waals surface area contributed by atoms with Crippen LogP contribution >= 0.6 is 0 Å². The summed E-state index contributed by atoms with van der Waals surface area (Å²) in [6.45, 7) is 0.149. The van der Waals surface area contributed by atoms with E-state index in [2.05, 4.69) is 5.32 Å². The molecule has 0 fully saturated rings. The van der Waals surface area contributed by atoms with E-state index < -0.39 is 30.4 Å². The van der Waals surface area contributed by atoms with E-state index in [1.807, 2.05) is 0 Å². The minimum Gasteiger partial charge on any atom is -0.497 e. The molecular weight excluding hydrogens is 368 g/mol. The first-order chi connectivity index (χ1) is 12.6. The molecule has 2 aromatic carbocycles. The fourth-order valence-corrected chi connectivity index (χ4v) is 2.18. The van der Waals surface area contributed by atoms with E-state index in [4.69, 9.17) is 4.74 Å². The Balaban J connectivity index is 2.19. The summed E-state index contributed by atoms with van der Waals surface area (Å²) in [5, 5.41) is 4.19. The first-order valence-corrected chi connectivity index (χ1v) is 7.71. The fourth-order valence-electron chi connectivity index (χ4n) is 2.18. The fraction of sp³-hybridized carbons (Fsp3) is 0.222. The summed E-state index contributed by atoms with van der Waals surface area (Å²) in [6, 6.07) is 7.70. The molecule has 0 aliphatic rings. The first kappa shape index (κ1) is 20.2. The number of amides is 2. The Morgan fingerprint density at radius 1 is 1.07 bits per heavy atom. The lowest BCUT2D eigenvalue weighted by atomic mass is 10.1. The monoisotopic (exact) mass is 384 g/mol. The number of alkyl halides is 3. The molecule has 2 aromatic rings. The number of hydrogen-bond acceptors (Lipinski definition) is 3. The van der Waals surface area contributed by atoms with Crippen molar-refractivity contribution in [2.24, 2.45) is 0 Å². The second-order valence-corrected chi connectivity index (χ2v) is 5.63. The van der Waals surface area contributed by atoms with Crippen LogP contribution in [0.15, 0.2) is 36.4 Å². The average Bonchev–Trinajstić information content (AvgIpc) is 2.60. The molecule has 2 rings (SSSR count). The third-order valence-electron chi connectivity index (χ3n) is 3.62. The van der Waals surface area contributed by atoms with E-state index in [0.29, 0.717) is 5.56 Å². The lowest BCUT2D eigenvalue weighted by molar-refractivity contribution is -0.123. The van der Waals surface area contributed by atoms with Crippen molar-refractivity contribution in [3.63, 3.8) is 0 Å². The van der Waals surface area contributed by atoms with Gasteiger partial charge in [0.1, 0.15) is 18.1 Å². The van der Waals surface area contributed by atoms with Crippen molar-refractivity contribution in [1.29, 1.82) is 0 Å². The Morgan fingerprint density at radius 2 is 1.78 bits per heavy atom. The summed E-state index contributed by atoms with van der Waals surface area (Å²) < 4.78 is 55.5. The molecule has 0 saturated heterocycles. The summed E-state index contributed by atoms with van der Waals surface area (Å²) in [4.78, 5) is 24.1. The summed E-state index contributed by atoms with van der Waals surface area (Å²) in [5.74, 6) is -2.28. The molecule has 0 heterocycles. The van der Waals surface area contributed by atoms with E-state index in [0.717, 1.165) is 6.07 Å². The van der Waals surface area contributed by atoms with Gasteiger partial charge >= 0.3 is 6.18 Å². The van der Waals surface area contributed by atoms with Gasteiger partial charge in [-0.1, -0.05) is 6.07 Å². The number of anilines is 1. The molecule has 0 atom stereocenters. The molecule has 0 bridgehead atoms. The van der Waals surface area contributed by atoms with Crippen LogP contribution < -0.4 is 15.4 Å². The number of carbonyl (C=O) groups is 2. The lowest BCUT2D eigenvalue weighted by Crippen LogP contribution is -2.33. The molecule has 0 unspecified atom stereocenters. The SMILES string of the molecule is COc1ccc(C(=O)Nc2cc(C(=O)NCC(F)(F)F)ccc2C)c(F)c1. The highest BCUT2D eigenvalue weighted by atomic mass is 19.4. The lowest BCUT2D eigenvalue weighted by Gasteiger charge is -2.12. The number of ether oxygens (including phenoxy) is 1. The van der Waals surface area contributed by atoms with Crippen molar-refractivity contribution in [2.45, 2.75) is 13.1 Å². The standard InChI is InChI=1S/C18H16F4N2O3/c1-10-3-4-11(16(25)23-9-18(20,21)22)7-15(10)24-17(26)13-6-5-12(27-2)8-14(13)19/h3-8H,9H2,1-2H3,(H,23,25)(H,24,26). The average molecular weight is 384 g/mol. The maximum absolute atomic E-state index is 14.0. The van der Waals surface area contributed by atoms with E-state index in [1.165, 1.54) is 37.4 Å². The first-order valence-electron chi connectivity index (χ1n) is 7.71. The van der Waals surface area contributed by atoms with Gasteiger partial charge in [-0.15, -0.1) is 0 Å². The van der Waals surface area contributed by atoms with Crippen LogP contribution in [0, 0.1) is 12.7 Å². The highest BCUT2D eigenvalue weighted by Gasteiger charge is 2.28. The Labute approximate surface area is 152 Å². The van der Waals surface area contributed by atoms with Crippen LogP contribution in [0.25, 0.3) is 0 Å². The highest BCUT2D eigenvalue weighted by Crippen LogP contribution is 2.21. The smallest absolute Gasteiger partial charge is 0.405 e. The van der Waals surface area contributed by atoms with Crippen molar-refractivity contribution < 1.29 is 31.9 Å². The van der Waals surface area contributed by atoms with Gasteiger partial charge in [0.2, 0.25) is 0 Å². The zero-order chi connectivity index (χ0) is 20.2. The Bertz CT molecular complexity index is 866. The number of aryl methyl sites for hydroxylation is 1. The van der Waals surface area contributed by atoms with Crippen LogP contribution in [0.2, 0.25) is 0 Å². The van der Waals surface area contributed by atoms with Crippen molar-refractivity contribution >= 4 is 17.5 Å². The third kappa shape index (κ3) is 5.44. The molecule has 2 N–H and O–H groups in total. The normalized spacial score (nSPS) is 11.0. The molecule has 0 aliphatic carbocycles. The predicted octanol–water partition coefficient (Wildman–Crippen LogP) is 3.69. The zero-order valence-electron chi connectivity index (χ0n) is 14.4. The van der Waals surface area contributed by atoms with Gasteiger partial charge in [-0.3, -0.25) is 9.59 Å². The topological polar surface area (TPSA) is 67.4 Å². The summed E-state index contributed by atoms with van der Waals surface area (Å²) in [5.41, 5.74) is 0.400. The Morgan fingerprint density at radius 3 is 2.37 bits per heavy atom. The van der Waals surface area contributed by atoms with Gasteiger partial charge in [0.15, 0.2) is 0 Å². The van der Waals surface area contributed by atoms with Gasteiger partial charge in [0.25, 0.3) is 11.8 Å². The minimum absolute atomic E-state index is 0.0737. The van der Waals surface area contributed by atoms with Crippen LogP contribution in [0.4, 0.5) is 23.2 Å². The molecular formula is C18H16F4N2O3. The van der Waals surface area contributed by atoms with Gasteiger partial charge in [0, 0.05) is 17.3 Å². The molecule has 0 spiro atoms. The van der Waals surface area contributed by atoms with Gasteiger partial charge in [-0.25, -0.2) is 4.39 Å². The van der Waals surface area contributed by atoms with Crippen LogP contribution in [0.5, 0.6) is 5.75 Å². The number of halogens is 4. The largest absolute Gasteiger partial charge is 0.497 e. The van der Waals surface area contributed by atoms with E-state index in [1.54, 1.807) is 12.2 Å². The zero-order valence-corrected chi connectivity index (χ0v) is 14.4. The summed E-state index contributed by atoms with van der Waals surface area (Å²) in [6.07, 6.45) is -4.54. The molecule has 0 saturated carbocycles. The number of methoxy groups -OCH3 is 1. The number of nitrogens with one attached hydrogen (secondary N) is 2. The Kier molecular flexibility index (Phi) is 6.04.